The number of Topliss-reactive ketones (excluding diaryl/α,β-unsaturated/α-hetero) is 1. The highest BCUT2D eigenvalue weighted by atomic mass is 16.1. The number of ketones is 1. The molecule has 0 saturated heterocycles. The van der Waals surface area contributed by atoms with Crippen LogP contribution >= 0.6 is 0 Å². The van der Waals surface area contributed by atoms with E-state index in [1.165, 1.54) is 0 Å². The number of hydrogen-bond donors (Lipinski definition) is 0. The van der Waals surface area contributed by atoms with Gasteiger partial charge in [0.05, 0.1) is 0 Å². The van der Waals surface area contributed by atoms with Crippen LogP contribution in [0.15, 0.2) is 12.1 Å². The Balaban J connectivity index is 4.61. The summed E-state index contributed by atoms with van der Waals surface area (Å²) in [4.78, 5) is 10.9. The summed E-state index contributed by atoms with van der Waals surface area (Å²) >= 11 is 0. The number of carbonyl (C=O) groups is 1. The van der Waals surface area contributed by atoms with Crippen molar-refractivity contribution < 1.29 is 4.79 Å². The molecule has 0 aliphatic carbocycles. The Bertz CT molecular complexity index is 254. The summed E-state index contributed by atoms with van der Waals surface area (Å²) in [7, 11) is 0. The second-order valence-corrected chi connectivity index (χ2v) is 6.45. The molecular formula is C16H31BO. The third kappa shape index (κ3) is 6.42. The molecule has 0 aromatic rings. The van der Waals surface area contributed by atoms with E-state index in [4.69, 9.17) is 0 Å². The molecule has 0 saturated carbocycles. The van der Waals surface area contributed by atoms with Crippen LogP contribution in [0.3, 0.4) is 0 Å². The second-order valence-electron chi connectivity index (χ2n) is 6.45. The van der Waals surface area contributed by atoms with E-state index in [0.717, 1.165) is 6.42 Å². The van der Waals surface area contributed by atoms with Gasteiger partial charge in [0.1, 0.15) is 5.78 Å². The van der Waals surface area contributed by atoms with Gasteiger partial charge in [0.2, 0.25) is 0 Å². The molecule has 0 N–H and O–H groups in total. The van der Waals surface area contributed by atoms with Crippen LogP contribution in [0.5, 0.6) is 0 Å². The van der Waals surface area contributed by atoms with Crippen molar-refractivity contribution in [1.82, 2.24) is 0 Å². The molecule has 0 radical (unpaired) electrons. The average Bonchev–Trinajstić information content (AvgIpc) is 2.26. The number of hydrogen-bond acceptors (Lipinski definition) is 1. The van der Waals surface area contributed by atoms with Gasteiger partial charge in [-0.25, -0.2) is 0 Å². The average molecular weight is 250 g/mol. The van der Waals surface area contributed by atoms with E-state index in [-0.39, 0.29) is 5.78 Å². The highest BCUT2D eigenvalue weighted by molar-refractivity contribution is 6.67. The van der Waals surface area contributed by atoms with Crippen LogP contribution in [0, 0.1) is 11.8 Å². The number of rotatable bonds is 8. The van der Waals surface area contributed by atoms with Crippen molar-refractivity contribution in [1.29, 1.82) is 0 Å². The molecule has 2 atom stereocenters. The fourth-order valence-electron chi connectivity index (χ4n) is 2.26. The molecule has 0 bridgehead atoms. The van der Waals surface area contributed by atoms with Gasteiger partial charge in [-0.1, -0.05) is 71.1 Å². The Morgan fingerprint density at radius 2 is 1.44 bits per heavy atom. The molecule has 0 rings (SSSR count). The molecule has 0 aromatic heterocycles. The zero-order valence-electron chi connectivity index (χ0n) is 13.4. The Hall–Kier alpha value is -0.525. The van der Waals surface area contributed by atoms with Gasteiger partial charge in [-0.3, -0.25) is 0 Å². The van der Waals surface area contributed by atoms with E-state index in [1.807, 2.05) is 0 Å². The molecule has 0 spiro atoms. The van der Waals surface area contributed by atoms with Crippen molar-refractivity contribution in [3.63, 3.8) is 0 Å². The lowest BCUT2D eigenvalue weighted by molar-refractivity contribution is -0.116. The van der Waals surface area contributed by atoms with Crippen LogP contribution in [0.1, 0.15) is 61.3 Å². The molecule has 0 heterocycles. The first-order valence-electron chi connectivity index (χ1n) is 7.43. The number of carbonyl (C=O) groups excluding carboxylic acids is 1. The van der Waals surface area contributed by atoms with Gasteiger partial charge in [-0.05, 0) is 13.3 Å². The molecule has 104 valence electrons. The first-order chi connectivity index (χ1) is 8.27. The molecule has 0 amide bonds. The summed E-state index contributed by atoms with van der Waals surface area (Å²) in [5, 5.41) is 0. The third-order valence-corrected chi connectivity index (χ3v) is 4.34. The summed E-state index contributed by atoms with van der Waals surface area (Å²) in [6.45, 7) is 16.2. The first kappa shape index (κ1) is 17.5. The highest BCUT2D eigenvalue weighted by Crippen LogP contribution is 2.33. The van der Waals surface area contributed by atoms with E-state index in [0.29, 0.717) is 36.6 Å². The number of allylic oxidation sites excluding steroid dienone is 1. The third-order valence-electron chi connectivity index (χ3n) is 4.34. The highest BCUT2D eigenvalue weighted by Gasteiger charge is 2.28. The minimum atomic E-state index is 0.282. The van der Waals surface area contributed by atoms with Crippen LogP contribution < -0.4 is 0 Å². The van der Waals surface area contributed by atoms with Gasteiger partial charge in [0, 0.05) is 6.42 Å². The Morgan fingerprint density at radius 3 is 1.78 bits per heavy atom. The van der Waals surface area contributed by atoms with Crippen molar-refractivity contribution in [2.24, 2.45) is 11.8 Å². The molecule has 18 heavy (non-hydrogen) atoms. The van der Waals surface area contributed by atoms with Gasteiger partial charge in [-0.2, -0.15) is 0 Å². The largest absolute Gasteiger partial charge is 0.300 e. The van der Waals surface area contributed by atoms with Crippen molar-refractivity contribution in [2.45, 2.75) is 72.9 Å². The van der Waals surface area contributed by atoms with E-state index in [1.54, 1.807) is 6.92 Å². The van der Waals surface area contributed by atoms with E-state index in [2.05, 4.69) is 53.6 Å². The molecule has 0 aromatic carbocycles. The monoisotopic (exact) mass is 250 g/mol. The zero-order chi connectivity index (χ0) is 14.3. The molecule has 0 aliphatic heterocycles. The van der Waals surface area contributed by atoms with Gasteiger partial charge in [0.15, 0.2) is 6.71 Å². The van der Waals surface area contributed by atoms with Crippen molar-refractivity contribution >= 4 is 12.5 Å². The lowest BCUT2D eigenvalue weighted by Gasteiger charge is -2.29. The molecule has 1 nitrogen and oxygen atoms in total. The smallest absolute Gasteiger partial charge is 0.172 e. The van der Waals surface area contributed by atoms with Crippen LogP contribution in [0.2, 0.25) is 11.6 Å². The predicted octanol–water partition coefficient (Wildman–Crippen LogP) is 5.04. The van der Waals surface area contributed by atoms with Crippen LogP contribution in [0.25, 0.3) is 0 Å². The Labute approximate surface area is 115 Å². The lowest BCUT2D eigenvalue weighted by Crippen LogP contribution is -2.28. The Kier molecular flexibility index (Phi) is 8.31. The summed E-state index contributed by atoms with van der Waals surface area (Å²) < 4.78 is 0. The van der Waals surface area contributed by atoms with Crippen molar-refractivity contribution in [3.05, 3.63) is 12.1 Å². The fraction of sp³-hybridized carbons (Fsp3) is 0.812. The fourth-order valence-corrected chi connectivity index (χ4v) is 2.26. The lowest BCUT2D eigenvalue weighted by atomic mass is 9.31. The normalized spacial score (nSPS) is 15.4. The molecule has 0 aliphatic rings. The van der Waals surface area contributed by atoms with Gasteiger partial charge < -0.3 is 4.79 Å². The van der Waals surface area contributed by atoms with E-state index in [9.17, 15) is 4.79 Å². The van der Waals surface area contributed by atoms with Crippen molar-refractivity contribution in [2.75, 3.05) is 0 Å². The maximum atomic E-state index is 10.9. The van der Waals surface area contributed by atoms with Gasteiger partial charge in [-0.15, -0.1) is 5.98 Å². The standard InChI is InChI=1S/C16H31BO/c1-12(2)15(6)17(16(7)13(3)4)11-9-8-10-14(5)18/h9,11-13,15-16H,8,10H2,1-7H3/b11-9+. The second kappa shape index (κ2) is 8.55. The maximum Gasteiger partial charge on any atom is 0.172 e. The first-order valence-corrected chi connectivity index (χ1v) is 7.43. The topological polar surface area (TPSA) is 17.1 Å². The Morgan fingerprint density at radius 1 is 1.00 bits per heavy atom. The SMILES string of the molecule is CC(=O)CC/C=C/B(C(C)C(C)C)C(C)C(C)C. The van der Waals surface area contributed by atoms with Gasteiger partial charge >= 0.3 is 0 Å². The van der Waals surface area contributed by atoms with Crippen LogP contribution in [0.4, 0.5) is 0 Å². The minimum Gasteiger partial charge on any atom is -0.300 e. The molecule has 2 heteroatoms. The van der Waals surface area contributed by atoms with Crippen molar-refractivity contribution in [3.8, 4) is 0 Å². The van der Waals surface area contributed by atoms with E-state index < -0.39 is 0 Å². The molecule has 2 unspecified atom stereocenters. The van der Waals surface area contributed by atoms with Crippen LogP contribution in [-0.2, 0) is 4.79 Å². The molecule has 0 fully saturated rings. The van der Waals surface area contributed by atoms with E-state index >= 15 is 0 Å². The van der Waals surface area contributed by atoms with Gasteiger partial charge in [0.25, 0.3) is 0 Å². The maximum absolute atomic E-state index is 10.9. The minimum absolute atomic E-state index is 0.282. The quantitative estimate of drug-likeness (QED) is 0.551. The summed E-state index contributed by atoms with van der Waals surface area (Å²) in [6, 6.07) is 0. The predicted molar refractivity (Wildman–Crippen MR) is 83.3 cm³/mol. The van der Waals surface area contributed by atoms with Crippen LogP contribution in [-0.4, -0.2) is 12.5 Å². The summed E-state index contributed by atoms with van der Waals surface area (Å²) in [5.41, 5.74) is 0. The zero-order valence-corrected chi connectivity index (χ0v) is 13.4. The molecular weight excluding hydrogens is 219 g/mol. The summed E-state index contributed by atoms with van der Waals surface area (Å²) in [5.74, 6) is 5.43. The summed E-state index contributed by atoms with van der Waals surface area (Å²) in [6.07, 6.45) is 3.78.